The van der Waals surface area contributed by atoms with Crippen LogP contribution in [0.15, 0.2) is 52.9 Å². The minimum atomic E-state index is -0.573. The molecule has 2 aromatic carbocycles. The maximum absolute atomic E-state index is 13.7. The van der Waals surface area contributed by atoms with Crippen LogP contribution < -0.4 is 10.1 Å². The van der Waals surface area contributed by atoms with E-state index in [1.165, 1.54) is 19.2 Å². The average molecular weight is 313 g/mol. The first-order chi connectivity index (χ1) is 11.1. The molecular weight excluding hydrogens is 297 g/mol. The van der Waals surface area contributed by atoms with Gasteiger partial charge in [0.25, 0.3) is 5.91 Å². The van der Waals surface area contributed by atoms with Crippen molar-refractivity contribution < 1.29 is 18.3 Å². The normalized spacial score (nSPS) is 12.1. The van der Waals surface area contributed by atoms with Gasteiger partial charge in [0.15, 0.2) is 11.6 Å². The van der Waals surface area contributed by atoms with E-state index < -0.39 is 5.82 Å². The van der Waals surface area contributed by atoms with Crippen LogP contribution >= 0.6 is 0 Å². The molecule has 0 aliphatic rings. The van der Waals surface area contributed by atoms with Crippen molar-refractivity contribution in [3.63, 3.8) is 0 Å². The molecule has 23 heavy (non-hydrogen) atoms. The molecule has 0 saturated heterocycles. The fourth-order valence-corrected chi connectivity index (χ4v) is 2.37. The third kappa shape index (κ3) is 3.04. The van der Waals surface area contributed by atoms with Gasteiger partial charge in [-0.25, -0.2) is 4.39 Å². The predicted octanol–water partition coefficient (Wildman–Crippen LogP) is 4.07. The molecule has 1 N–H and O–H groups in total. The van der Waals surface area contributed by atoms with Gasteiger partial charge >= 0.3 is 0 Å². The lowest BCUT2D eigenvalue weighted by atomic mass is 10.1. The van der Waals surface area contributed by atoms with E-state index in [0.717, 1.165) is 17.0 Å². The monoisotopic (exact) mass is 313 g/mol. The molecule has 0 saturated carbocycles. The summed E-state index contributed by atoms with van der Waals surface area (Å²) in [6.07, 6.45) is 0. The number of furan rings is 1. The zero-order chi connectivity index (χ0) is 16.4. The highest BCUT2D eigenvalue weighted by Crippen LogP contribution is 2.24. The quantitative estimate of drug-likeness (QED) is 0.790. The van der Waals surface area contributed by atoms with Crippen LogP contribution in [0.25, 0.3) is 11.0 Å². The first-order valence-electron chi connectivity index (χ1n) is 7.21. The minimum Gasteiger partial charge on any atom is -0.494 e. The van der Waals surface area contributed by atoms with Crippen LogP contribution in [-0.4, -0.2) is 13.0 Å². The number of carbonyl (C=O) groups is 1. The molecule has 1 aromatic heterocycles. The van der Waals surface area contributed by atoms with Crippen molar-refractivity contribution in [3.8, 4) is 5.75 Å². The molecule has 4 nitrogen and oxygen atoms in total. The molecular formula is C18H16FNO3. The SMILES string of the molecule is COc1ccc(C(=O)N[C@@H](C)c2cc3ccccc3o2)cc1F. The summed E-state index contributed by atoms with van der Waals surface area (Å²) in [5, 5.41) is 3.77. The van der Waals surface area contributed by atoms with Crippen molar-refractivity contribution in [2.45, 2.75) is 13.0 Å². The summed E-state index contributed by atoms with van der Waals surface area (Å²) in [5.74, 6) is -0.198. The standard InChI is InChI=1S/C18H16FNO3/c1-11(17-10-12-5-3-4-6-15(12)23-17)20-18(21)13-7-8-16(22-2)14(19)9-13/h3-11H,1-2H3,(H,20,21)/t11-/m0/s1. The molecule has 0 bridgehead atoms. The number of carbonyl (C=O) groups excluding carboxylic acids is 1. The number of amides is 1. The molecule has 1 amide bonds. The zero-order valence-corrected chi connectivity index (χ0v) is 12.8. The number of ether oxygens (including phenoxy) is 1. The van der Waals surface area contributed by atoms with E-state index in [1.807, 2.05) is 37.3 Å². The van der Waals surface area contributed by atoms with Crippen LogP contribution in [0.2, 0.25) is 0 Å². The van der Waals surface area contributed by atoms with Crippen LogP contribution in [0, 0.1) is 5.82 Å². The second kappa shape index (κ2) is 6.12. The molecule has 1 heterocycles. The summed E-state index contributed by atoms with van der Waals surface area (Å²) in [7, 11) is 1.38. The van der Waals surface area contributed by atoms with Crippen molar-refractivity contribution >= 4 is 16.9 Å². The van der Waals surface area contributed by atoms with E-state index in [0.29, 0.717) is 5.76 Å². The van der Waals surface area contributed by atoms with Crippen LogP contribution in [0.1, 0.15) is 29.1 Å². The molecule has 3 rings (SSSR count). The van der Waals surface area contributed by atoms with Gasteiger partial charge in [-0.2, -0.15) is 0 Å². The molecule has 0 aliphatic carbocycles. The Labute approximate surface area is 132 Å². The highest BCUT2D eigenvalue weighted by atomic mass is 19.1. The van der Waals surface area contributed by atoms with Gasteiger partial charge in [-0.1, -0.05) is 18.2 Å². The van der Waals surface area contributed by atoms with Crippen LogP contribution in [0.3, 0.4) is 0 Å². The molecule has 0 unspecified atom stereocenters. The van der Waals surface area contributed by atoms with Crippen LogP contribution in [0.4, 0.5) is 4.39 Å². The van der Waals surface area contributed by atoms with Gasteiger partial charge < -0.3 is 14.5 Å². The second-order valence-corrected chi connectivity index (χ2v) is 5.23. The van der Waals surface area contributed by atoms with Gasteiger partial charge in [0.2, 0.25) is 0 Å². The van der Waals surface area contributed by atoms with Crippen molar-refractivity contribution in [3.05, 3.63) is 65.7 Å². The van der Waals surface area contributed by atoms with E-state index in [1.54, 1.807) is 0 Å². The topological polar surface area (TPSA) is 51.5 Å². The number of hydrogen-bond donors (Lipinski definition) is 1. The van der Waals surface area contributed by atoms with Gasteiger partial charge in [-0.3, -0.25) is 4.79 Å². The Morgan fingerprint density at radius 1 is 1.22 bits per heavy atom. The lowest BCUT2D eigenvalue weighted by Crippen LogP contribution is -2.26. The van der Waals surface area contributed by atoms with Gasteiger partial charge in [0.05, 0.1) is 13.2 Å². The maximum Gasteiger partial charge on any atom is 0.251 e. The van der Waals surface area contributed by atoms with Crippen molar-refractivity contribution in [1.29, 1.82) is 0 Å². The molecule has 0 spiro atoms. The third-order valence-electron chi connectivity index (χ3n) is 3.63. The number of benzene rings is 2. The lowest BCUT2D eigenvalue weighted by molar-refractivity contribution is 0.0935. The second-order valence-electron chi connectivity index (χ2n) is 5.23. The number of fused-ring (bicyclic) bond motifs is 1. The highest BCUT2D eigenvalue weighted by molar-refractivity contribution is 5.94. The number of methoxy groups -OCH3 is 1. The number of hydrogen-bond acceptors (Lipinski definition) is 3. The fourth-order valence-electron chi connectivity index (χ4n) is 2.37. The maximum atomic E-state index is 13.7. The molecule has 0 aliphatic heterocycles. The van der Waals surface area contributed by atoms with Crippen LogP contribution in [-0.2, 0) is 0 Å². The molecule has 0 fully saturated rings. The number of para-hydroxylation sites is 1. The van der Waals surface area contributed by atoms with E-state index in [-0.39, 0.29) is 23.3 Å². The Kier molecular flexibility index (Phi) is 4.02. The summed E-state index contributed by atoms with van der Waals surface area (Å²) in [5.41, 5.74) is 0.991. The Balaban J connectivity index is 1.77. The average Bonchev–Trinajstić information content (AvgIpc) is 2.99. The first-order valence-corrected chi connectivity index (χ1v) is 7.21. The van der Waals surface area contributed by atoms with E-state index in [2.05, 4.69) is 5.32 Å². The Morgan fingerprint density at radius 2 is 2.00 bits per heavy atom. The molecule has 118 valence electrons. The van der Waals surface area contributed by atoms with Gasteiger partial charge in [-0.15, -0.1) is 0 Å². The van der Waals surface area contributed by atoms with Crippen LogP contribution in [0.5, 0.6) is 5.75 Å². The summed E-state index contributed by atoms with van der Waals surface area (Å²) >= 11 is 0. The Bertz CT molecular complexity index is 823. The third-order valence-corrected chi connectivity index (χ3v) is 3.63. The molecule has 0 radical (unpaired) electrons. The van der Waals surface area contributed by atoms with E-state index >= 15 is 0 Å². The van der Waals surface area contributed by atoms with Crippen molar-refractivity contribution in [1.82, 2.24) is 5.32 Å². The first kappa shape index (κ1) is 15.1. The Morgan fingerprint density at radius 3 is 2.70 bits per heavy atom. The zero-order valence-electron chi connectivity index (χ0n) is 12.8. The summed E-state index contributed by atoms with van der Waals surface area (Å²) in [6.45, 7) is 1.81. The van der Waals surface area contributed by atoms with Gasteiger partial charge in [-0.05, 0) is 37.3 Å². The molecule has 1 atom stereocenters. The van der Waals surface area contributed by atoms with Gasteiger partial charge in [0.1, 0.15) is 11.3 Å². The predicted molar refractivity (Wildman–Crippen MR) is 85.0 cm³/mol. The van der Waals surface area contributed by atoms with Crippen molar-refractivity contribution in [2.24, 2.45) is 0 Å². The summed E-state index contributed by atoms with van der Waals surface area (Å²) < 4.78 is 24.2. The van der Waals surface area contributed by atoms with E-state index in [4.69, 9.17) is 9.15 Å². The Hall–Kier alpha value is -2.82. The molecule has 3 aromatic rings. The smallest absolute Gasteiger partial charge is 0.251 e. The number of halogens is 1. The van der Waals surface area contributed by atoms with Gasteiger partial charge in [0, 0.05) is 10.9 Å². The van der Waals surface area contributed by atoms with Crippen molar-refractivity contribution in [2.75, 3.05) is 7.11 Å². The minimum absolute atomic E-state index is 0.104. The summed E-state index contributed by atoms with van der Waals surface area (Å²) in [6, 6.07) is 13.3. The highest BCUT2D eigenvalue weighted by Gasteiger charge is 2.16. The largest absolute Gasteiger partial charge is 0.494 e. The lowest BCUT2D eigenvalue weighted by Gasteiger charge is -2.12. The fraction of sp³-hybridized carbons (Fsp3) is 0.167. The summed E-state index contributed by atoms with van der Waals surface area (Å²) in [4.78, 5) is 12.2. The number of nitrogens with one attached hydrogen (secondary N) is 1. The van der Waals surface area contributed by atoms with E-state index in [9.17, 15) is 9.18 Å². The molecule has 5 heteroatoms. The number of rotatable bonds is 4.